The third-order valence-corrected chi connectivity index (χ3v) is 17.5. The zero-order valence-electron chi connectivity index (χ0n) is 18.1. The predicted octanol–water partition coefficient (Wildman–Crippen LogP) is 12.0. The summed E-state index contributed by atoms with van der Waals surface area (Å²) >= 11 is 22.3. The van der Waals surface area contributed by atoms with Gasteiger partial charge in [0.1, 0.15) is 19.4 Å². The lowest BCUT2D eigenvalue weighted by Crippen LogP contribution is -2.00. The van der Waals surface area contributed by atoms with Crippen molar-refractivity contribution in [3.05, 3.63) is 37.1 Å². The normalized spacial score (nSPS) is 12.7. The topological polar surface area (TPSA) is 26.3 Å². The molecule has 0 unspecified atom stereocenters. The van der Waals surface area contributed by atoms with Crippen LogP contribution in [0.15, 0.2) is 34.4 Å². The smallest absolute Gasteiger partial charge is 0.159 e. The standard InChI is InChI=1S/C24H8BBr3O2S6/c1-5-3-7-13(29-5)10(26)17(31-7)15-9(25)16-21(33-15)23-24(34-16)22-20(36-23)12(28)19(35-22)18-11(27)14-8(32-18)4-6(2)30-14/h3-4H,1-2H3. The van der Waals surface area contributed by atoms with E-state index in [0.29, 0.717) is 0 Å². The lowest BCUT2D eigenvalue weighted by molar-refractivity contribution is 0.577. The Balaban J connectivity index is 1.32. The molecule has 0 N–H and O–H groups in total. The van der Waals surface area contributed by atoms with Gasteiger partial charge < -0.3 is 8.83 Å². The molecule has 0 aliphatic rings. The molecule has 2 nitrogen and oxygen atoms in total. The molecule has 8 aromatic rings. The molecule has 0 saturated carbocycles. The van der Waals surface area contributed by atoms with Crippen molar-refractivity contribution in [3.63, 3.8) is 0 Å². The van der Waals surface area contributed by atoms with Crippen LogP contribution in [0.3, 0.4) is 0 Å². The van der Waals surface area contributed by atoms with Crippen LogP contribution in [0.4, 0.5) is 0 Å². The molecule has 0 bridgehead atoms. The van der Waals surface area contributed by atoms with Gasteiger partial charge in [0.05, 0.1) is 60.9 Å². The van der Waals surface area contributed by atoms with Crippen molar-refractivity contribution in [2.24, 2.45) is 0 Å². The first kappa shape index (κ1) is 23.5. The summed E-state index contributed by atoms with van der Waals surface area (Å²) in [5.41, 5.74) is 2.70. The van der Waals surface area contributed by atoms with Gasteiger partial charge in [-0.2, -0.15) is 0 Å². The van der Waals surface area contributed by atoms with Gasteiger partial charge in [0.15, 0.2) is 11.2 Å². The molecule has 8 aromatic heterocycles. The maximum atomic E-state index is 6.78. The summed E-state index contributed by atoms with van der Waals surface area (Å²) in [6.07, 6.45) is 0. The molecule has 0 atom stereocenters. The van der Waals surface area contributed by atoms with Crippen molar-refractivity contribution in [2.75, 3.05) is 0 Å². The van der Waals surface area contributed by atoms with Gasteiger partial charge in [-0.05, 0) is 73.8 Å². The fourth-order valence-corrected chi connectivity index (χ4v) is 15.8. The minimum absolute atomic E-state index is 0.866. The molecule has 2 radical (unpaired) electrons. The fraction of sp³-hybridized carbons (Fsp3) is 0.0833. The average Bonchev–Trinajstić information content (AvgIpc) is 3.67. The summed E-state index contributed by atoms with van der Waals surface area (Å²) in [4.78, 5) is 4.71. The highest BCUT2D eigenvalue weighted by molar-refractivity contribution is 9.11. The number of halogens is 3. The molecule has 0 saturated heterocycles. The highest BCUT2D eigenvalue weighted by Gasteiger charge is 2.27. The summed E-state index contributed by atoms with van der Waals surface area (Å²) in [7, 11) is 6.78. The Kier molecular flexibility index (Phi) is 5.24. The van der Waals surface area contributed by atoms with Crippen LogP contribution in [0.25, 0.3) is 68.3 Å². The SMILES string of the molecule is [B]c1c(-c2sc3cc(C)oc3c2Br)sc2c1sc1c3sc(-c4sc5cc(C)oc5c4Br)c(Br)c3sc21. The van der Waals surface area contributed by atoms with Gasteiger partial charge in [-0.15, -0.1) is 68.0 Å². The zero-order valence-corrected chi connectivity index (χ0v) is 27.8. The number of rotatable bonds is 2. The van der Waals surface area contributed by atoms with E-state index in [2.05, 4.69) is 59.9 Å². The minimum Gasteiger partial charge on any atom is -0.459 e. The van der Waals surface area contributed by atoms with Crippen molar-refractivity contribution in [3.8, 4) is 19.5 Å². The second-order valence-electron chi connectivity index (χ2n) is 8.36. The van der Waals surface area contributed by atoms with E-state index in [0.717, 1.165) is 56.0 Å². The van der Waals surface area contributed by atoms with Gasteiger partial charge in [-0.3, -0.25) is 0 Å². The fourth-order valence-electron chi connectivity index (χ4n) is 4.47. The Labute approximate surface area is 254 Å². The van der Waals surface area contributed by atoms with Crippen molar-refractivity contribution in [1.82, 2.24) is 0 Å². The Hall–Kier alpha value is -0.435. The number of furan rings is 2. The zero-order chi connectivity index (χ0) is 24.6. The number of thiophene rings is 6. The highest BCUT2D eigenvalue weighted by Crippen LogP contribution is 2.57. The third-order valence-electron chi connectivity index (χ3n) is 6.01. The van der Waals surface area contributed by atoms with Crippen LogP contribution >= 0.6 is 116 Å². The van der Waals surface area contributed by atoms with Crippen molar-refractivity contribution in [1.29, 1.82) is 0 Å². The molecule has 8 heterocycles. The molecule has 0 amide bonds. The van der Waals surface area contributed by atoms with Gasteiger partial charge in [-0.25, -0.2) is 0 Å². The lowest BCUT2D eigenvalue weighted by Gasteiger charge is -1.97. The molecule has 12 heteroatoms. The molecule has 0 fully saturated rings. The summed E-state index contributed by atoms with van der Waals surface area (Å²) < 4.78 is 25.1. The average molecular weight is 771 g/mol. The van der Waals surface area contributed by atoms with E-state index >= 15 is 0 Å². The molecular formula is C24H8BBr3O2S6. The second-order valence-corrected chi connectivity index (χ2v) is 16.9. The van der Waals surface area contributed by atoms with Crippen LogP contribution < -0.4 is 5.46 Å². The van der Waals surface area contributed by atoms with Crippen LogP contribution in [0.5, 0.6) is 0 Å². The van der Waals surface area contributed by atoms with Crippen LogP contribution in [-0.4, -0.2) is 7.85 Å². The first-order chi connectivity index (χ1) is 17.3. The van der Waals surface area contributed by atoms with E-state index in [1.54, 1.807) is 34.0 Å². The van der Waals surface area contributed by atoms with Crippen LogP contribution in [0.2, 0.25) is 0 Å². The van der Waals surface area contributed by atoms with Gasteiger partial charge in [0.25, 0.3) is 0 Å². The van der Waals surface area contributed by atoms with Crippen LogP contribution in [0.1, 0.15) is 11.5 Å². The molecule has 0 aliphatic heterocycles. The van der Waals surface area contributed by atoms with Gasteiger partial charge in [0, 0.05) is 9.58 Å². The number of hydrogen-bond acceptors (Lipinski definition) is 8. The monoisotopic (exact) mass is 768 g/mol. The quantitative estimate of drug-likeness (QED) is 0.164. The lowest BCUT2D eigenvalue weighted by atomic mass is 9.96. The Morgan fingerprint density at radius 3 is 1.58 bits per heavy atom. The summed E-state index contributed by atoms with van der Waals surface area (Å²) in [6, 6.07) is 4.19. The summed E-state index contributed by atoms with van der Waals surface area (Å²) in [5, 5.41) is 0. The van der Waals surface area contributed by atoms with E-state index in [1.807, 2.05) is 47.9 Å². The molecule has 0 spiro atoms. The molecule has 0 aromatic carbocycles. The molecule has 8 rings (SSSR count). The molecule has 176 valence electrons. The third kappa shape index (κ3) is 3.08. The van der Waals surface area contributed by atoms with Gasteiger partial charge in [0.2, 0.25) is 0 Å². The summed E-state index contributed by atoms with van der Waals surface area (Å²) in [6.45, 7) is 3.97. The second kappa shape index (κ2) is 8.05. The first-order valence-electron chi connectivity index (χ1n) is 10.5. The first-order valence-corrected chi connectivity index (χ1v) is 17.8. The van der Waals surface area contributed by atoms with E-state index in [1.165, 1.54) is 42.7 Å². The number of aryl methyl sites for hydroxylation is 2. The maximum Gasteiger partial charge on any atom is 0.159 e. The van der Waals surface area contributed by atoms with Gasteiger partial charge in [-0.1, -0.05) is 5.46 Å². The molecule has 36 heavy (non-hydrogen) atoms. The van der Waals surface area contributed by atoms with Crippen molar-refractivity contribution in [2.45, 2.75) is 13.8 Å². The maximum absolute atomic E-state index is 6.78. The predicted molar refractivity (Wildman–Crippen MR) is 175 cm³/mol. The Morgan fingerprint density at radius 2 is 1.00 bits per heavy atom. The van der Waals surface area contributed by atoms with E-state index in [4.69, 9.17) is 16.7 Å². The van der Waals surface area contributed by atoms with Crippen molar-refractivity contribution >= 4 is 178 Å². The van der Waals surface area contributed by atoms with E-state index in [9.17, 15) is 0 Å². The van der Waals surface area contributed by atoms with Crippen LogP contribution in [-0.2, 0) is 0 Å². The van der Waals surface area contributed by atoms with Gasteiger partial charge >= 0.3 is 0 Å². The summed E-state index contributed by atoms with van der Waals surface area (Å²) in [5.74, 6) is 1.86. The Bertz CT molecular complexity index is 2030. The van der Waals surface area contributed by atoms with Crippen molar-refractivity contribution < 1.29 is 8.83 Å². The molecular weight excluding hydrogens is 763 g/mol. The minimum atomic E-state index is 0.866. The largest absolute Gasteiger partial charge is 0.459 e. The number of fused-ring (bicyclic) bond motifs is 7. The molecule has 0 aliphatic carbocycles. The number of hydrogen-bond donors (Lipinski definition) is 0. The highest BCUT2D eigenvalue weighted by atomic mass is 79.9. The Morgan fingerprint density at radius 1 is 0.556 bits per heavy atom. The van der Waals surface area contributed by atoms with E-state index in [-0.39, 0.29) is 0 Å². The van der Waals surface area contributed by atoms with E-state index < -0.39 is 0 Å². The van der Waals surface area contributed by atoms with Crippen LogP contribution in [0, 0.1) is 13.8 Å².